The molecule has 8 N–H and O–H groups in total. The topological polar surface area (TPSA) is 263 Å². The number of phenols is 2. The van der Waals surface area contributed by atoms with E-state index in [4.69, 9.17) is 4.55 Å². The number of benzene rings is 3. The first kappa shape index (κ1) is 26.4. The molecule has 0 atom stereocenters. The van der Waals surface area contributed by atoms with Crippen molar-refractivity contribution in [2.75, 3.05) is 0 Å². The summed E-state index contributed by atoms with van der Waals surface area (Å²) >= 11 is -5.47. The van der Waals surface area contributed by atoms with Crippen LogP contribution in [0.1, 0.15) is 0 Å². The van der Waals surface area contributed by atoms with Crippen molar-refractivity contribution in [2.45, 2.75) is 9.79 Å². The van der Waals surface area contributed by atoms with Crippen LogP contribution in [-0.4, -0.2) is 64.0 Å². The molecular formula is C16H15AsN2O12S2. The standard InChI is InChI=1S/C16H13AsN2O11S2.H2O/c20-12-7-9(31(25,26)27)5-8-6-13(32(28,29)30)15(16(21)14(8)12)19-18-11-4-2-1-3-10(11)17(22,23)24;/h1-7,20-21H,(H2,22,23,24)(H,25,26,27)(H,28,29,30);1H2. The van der Waals surface area contributed by atoms with E-state index >= 15 is 0 Å². The summed E-state index contributed by atoms with van der Waals surface area (Å²) in [5, 5.41) is 26.8. The molecule has 0 saturated heterocycles. The summed E-state index contributed by atoms with van der Waals surface area (Å²) < 4.78 is 95.2. The van der Waals surface area contributed by atoms with Crippen LogP contribution in [0.25, 0.3) is 10.8 Å². The van der Waals surface area contributed by atoms with Crippen LogP contribution < -0.4 is 4.35 Å². The number of azo groups is 1. The molecule has 0 heterocycles. The van der Waals surface area contributed by atoms with Crippen molar-refractivity contribution in [1.82, 2.24) is 0 Å². The van der Waals surface area contributed by atoms with E-state index in [0.29, 0.717) is 12.1 Å². The number of fused-ring (bicyclic) bond motifs is 1. The molecule has 0 amide bonds. The summed E-state index contributed by atoms with van der Waals surface area (Å²) in [5.74, 6) is -1.93. The van der Waals surface area contributed by atoms with Crippen LogP contribution in [-0.2, 0) is 24.0 Å². The van der Waals surface area contributed by atoms with E-state index in [2.05, 4.69) is 10.2 Å². The maximum absolute atomic E-state index is 11.8. The Hall–Kier alpha value is -2.82. The Bertz CT molecular complexity index is 1550. The van der Waals surface area contributed by atoms with Crippen molar-refractivity contribution in [3.63, 3.8) is 0 Å². The fourth-order valence-electron chi connectivity index (χ4n) is 2.78. The van der Waals surface area contributed by atoms with Crippen LogP contribution >= 0.6 is 0 Å². The summed E-state index contributed by atoms with van der Waals surface area (Å²) in [6, 6.07) is 6.86. The van der Waals surface area contributed by atoms with Gasteiger partial charge in [-0.05, 0) is 0 Å². The van der Waals surface area contributed by atoms with Gasteiger partial charge in [-0.15, -0.1) is 0 Å². The number of phenolic OH excluding ortho intramolecular Hbond substituents is 2. The first-order valence-electron chi connectivity index (χ1n) is 8.15. The molecule has 33 heavy (non-hydrogen) atoms. The molecule has 3 aromatic carbocycles. The van der Waals surface area contributed by atoms with Gasteiger partial charge in [-0.2, -0.15) is 0 Å². The third kappa shape index (κ3) is 5.40. The van der Waals surface area contributed by atoms with Crippen molar-refractivity contribution in [3.05, 3.63) is 42.5 Å². The van der Waals surface area contributed by atoms with Crippen LogP contribution in [0.15, 0.2) is 62.5 Å². The molecule has 3 aromatic rings. The third-order valence-corrected chi connectivity index (χ3v) is 7.94. The third-order valence-electron chi connectivity index (χ3n) is 4.13. The Kier molecular flexibility index (Phi) is 7.08. The molecule has 0 saturated carbocycles. The molecule has 14 nitrogen and oxygen atoms in total. The quantitative estimate of drug-likeness (QED) is 0.135. The Morgan fingerprint density at radius 3 is 2.00 bits per heavy atom. The van der Waals surface area contributed by atoms with Gasteiger partial charge < -0.3 is 5.48 Å². The van der Waals surface area contributed by atoms with Crippen molar-refractivity contribution in [3.8, 4) is 11.5 Å². The first-order valence-corrected chi connectivity index (χ1v) is 14.4. The zero-order valence-electron chi connectivity index (χ0n) is 15.9. The number of hydrogen-bond acceptors (Lipinski definition) is 9. The second kappa shape index (κ2) is 8.85. The summed E-state index contributed by atoms with van der Waals surface area (Å²) in [6.45, 7) is 0. The fourth-order valence-corrected chi connectivity index (χ4v) is 5.44. The van der Waals surface area contributed by atoms with Crippen molar-refractivity contribution >= 4 is 60.9 Å². The first-order chi connectivity index (χ1) is 14.6. The molecule has 0 unspecified atom stereocenters. The Balaban J connectivity index is 0.00000385. The summed E-state index contributed by atoms with van der Waals surface area (Å²) in [5.41, 5.74) is -1.26. The molecule has 0 aliphatic carbocycles. The van der Waals surface area contributed by atoms with E-state index in [-0.39, 0.29) is 11.2 Å². The van der Waals surface area contributed by atoms with Gasteiger partial charge in [0.25, 0.3) is 0 Å². The van der Waals surface area contributed by atoms with Gasteiger partial charge in [-0.25, -0.2) is 0 Å². The molecule has 17 heteroatoms. The van der Waals surface area contributed by atoms with E-state index in [9.17, 15) is 43.5 Å². The van der Waals surface area contributed by atoms with Crippen LogP contribution in [0.4, 0.5) is 11.4 Å². The van der Waals surface area contributed by atoms with E-state index in [1.165, 1.54) is 12.1 Å². The molecule has 3 rings (SSSR count). The number of nitrogens with zero attached hydrogens (tertiary/aromatic N) is 2. The van der Waals surface area contributed by atoms with E-state index in [0.717, 1.165) is 18.2 Å². The van der Waals surface area contributed by atoms with Gasteiger partial charge >= 0.3 is 183 Å². The average Bonchev–Trinajstić information content (AvgIpc) is 2.64. The minimum absolute atomic E-state index is 0. The molecule has 0 bridgehead atoms. The SMILES string of the molecule is O.O=S(=O)(O)c1cc(O)c2c(O)c(N=Nc3ccccc3[As](=O)(O)O)c(S(=O)(=O)O)cc2c1. The zero-order chi connectivity index (χ0) is 24.1. The van der Waals surface area contributed by atoms with Crippen LogP contribution in [0.2, 0.25) is 0 Å². The Labute approximate surface area is 188 Å². The minimum atomic E-state index is -5.47. The number of hydrogen-bond donors (Lipinski definition) is 6. The van der Waals surface area contributed by atoms with Gasteiger partial charge in [0.1, 0.15) is 0 Å². The van der Waals surface area contributed by atoms with Gasteiger partial charge in [0.05, 0.1) is 0 Å². The molecule has 0 aliphatic rings. The normalized spacial score (nSPS) is 12.7. The second-order valence-electron chi connectivity index (χ2n) is 6.30. The summed E-state index contributed by atoms with van der Waals surface area (Å²) in [6.07, 6.45) is 0. The Morgan fingerprint density at radius 1 is 0.848 bits per heavy atom. The Morgan fingerprint density at radius 2 is 1.45 bits per heavy atom. The van der Waals surface area contributed by atoms with Gasteiger partial charge in [0, 0.05) is 0 Å². The average molecular weight is 566 g/mol. The van der Waals surface area contributed by atoms with Crippen LogP contribution in [0, 0.1) is 0 Å². The monoisotopic (exact) mass is 566 g/mol. The molecule has 0 fully saturated rings. The molecule has 178 valence electrons. The number of rotatable bonds is 5. The van der Waals surface area contributed by atoms with Gasteiger partial charge in [-0.1, -0.05) is 0 Å². The van der Waals surface area contributed by atoms with Crippen molar-refractivity contribution in [1.29, 1.82) is 0 Å². The predicted octanol–water partition coefficient (Wildman–Crippen LogP) is -0.104. The van der Waals surface area contributed by atoms with Gasteiger partial charge in [0.2, 0.25) is 0 Å². The van der Waals surface area contributed by atoms with Gasteiger partial charge in [0.15, 0.2) is 0 Å². The zero-order valence-corrected chi connectivity index (χ0v) is 19.4. The van der Waals surface area contributed by atoms with Crippen LogP contribution in [0.5, 0.6) is 11.5 Å². The molecular weight excluding hydrogens is 551 g/mol. The number of aromatic hydroxyl groups is 2. The fraction of sp³-hybridized carbons (Fsp3) is 0. The second-order valence-corrected chi connectivity index (χ2v) is 12.4. The van der Waals surface area contributed by atoms with Gasteiger partial charge in [-0.3, -0.25) is 0 Å². The molecule has 0 aliphatic heterocycles. The molecule has 0 spiro atoms. The van der Waals surface area contributed by atoms with E-state index in [1.807, 2.05) is 0 Å². The summed E-state index contributed by atoms with van der Waals surface area (Å²) in [7, 11) is -9.93. The predicted molar refractivity (Wildman–Crippen MR) is 112 cm³/mol. The van der Waals surface area contributed by atoms with Crippen LogP contribution in [0.3, 0.4) is 0 Å². The molecule has 0 aromatic heterocycles. The molecule has 0 radical (unpaired) electrons. The van der Waals surface area contributed by atoms with Crippen molar-refractivity contribution in [2.24, 2.45) is 10.2 Å². The van der Waals surface area contributed by atoms with E-state index in [1.54, 1.807) is 0 Å². The summed E-state index contributed by atoms with van der Waals surface area (Å²) in [4.78, 5) is -1.88. The van der Waals surface area contributed by atoms with Crippen molar-refractivity contribution < 1.29 is 53.6 Å². The maximum atomic E-state index is 11.8. The van der Waals surface area contributed by atoms with E-state index < -0.39 is 76.5 Å².